The fraction of sp³-hybridized carbons (Fsp3) is 0.158. The number of carboxylic acids is 1. The first-order valence-corrected chi connectivity index (χ1v) is 7.72. The van der Waals surface area contributed by atoms with Crippen molar-refractivity contribution in [2.24, 2.45) is 0 Å². The Morgan fingerprint density at radius 3 is 2.38 bits per heavy atom. The summed E-state index contributed by atoms with van der Waals surface area (Å²) in [5.41, 5.74) is 3.58. The number of nitrogens with zero attached hydrogens (tertiary/aromatic N) is 2. The van der Waals surface area contributed by atoms with E-state index in [1.807, 2.05) is 62.4 Å². The van der Waals surface area contributed by atoms with Gasteiger partial charge in [0.2, 0.25) is 0 Å². The van der Waals surface area contributed by atoms with Crippen molar-refractivity contribution in [1.29, 1.82) is 0 Å². The van der Waals surface area contributed by atoms with E-state index in [1.165, 1.54) is 0 Å². The minimum Gasteiger partial charge on any atom is -0.494 e. The first kappa shape index (κ1) is 15.8. The zero-order chi connectivity index (χ0) is 17.1. The molecule has 0 aliphatic carbocycles. The van der Waals surface area contributed by atoms with Gasteiger partial charge in [-0.05, 0) is 44.2 Å². The van der Waals surface area contributed by atoms with Gasteiger partial charge in [0.25, 0.3) is 0 Å². The molecule has 1 heterocycles. The smallest absolute Gasteiger partial charge is 0.356 e. The number of benzene rings is 2. The van der Waals surface area contributed by atoms with Crippen LogP contribution in [0.5, 0.6) is 5.75 Å². The van der Waals surface area contributed by atoms with Crippen molar-refractivity contribution in [1.82, 2.24) is 9.78 Å². The molecule has 1 aromatic heterocycles. The monoisotopic (exact) mass is 322 g/mol. The van der Waals surface area contributed by atoms with Crippen molar-refractivity contribution in [3.8, 4) is 22.7 Å². The third-order valence-corrected chi connectivity index (χ3v) is 3.67. The van der Waals surface area contributed by atoms with Crippen LogP contribution in [0.3, 0.4) is 0 Å². The van der Waals surface area contributed by atoms with E-state index in [0.717, 1.165) is 28.3 Å². The lowest BCUT2D eigenvalue weighted by Gasteiger charge is -2.09. The van der Waals surface area contributed by atoms with Crippen LogP contribution < -0.4 is 4.74 Å². The van der Waals surface area contributed by atoms with E-state index in [4.69, 9.17) is 4.74 Å². The topological polar surface area (TPSA) is 64.4 Å². The maximum absolute atomic E-state index is 11.3. The van der Waals surface area contributed by atoms with E-state index < -0.39 is 5.97 Å². The van der Waals surface area contributed by atoms with Crippen molar-refractivity contribution in [3.05, 3.63) is 65.9 Å². The van der Waals surface area contributed by atoms with Crippen LogP contribution >= 0.6 is 0 Å². The Balaban J connectivity index is 2.08. The lowest BCUT2D eigenvalue weighted by atomic mass is 10.1. The summed E-state index contributed by atoms with van der Waals surface area (Å²) in [6.07, 6.45) is 0. The van der Waals surface area contributed by atoms with E-state index in [2.05, 4.69) is 5.10 Å². The van der Waals surface area contributed by atoms with Gasteiger partial charge in [0.1, 0.15) is 5.75 Å². The van der Waals surface area contributed by atoms with Crippen LogP contribution in [-0.4, -0.2) is 27.5 Å². The Labute approximate surface area is 140 Å². The predicted molar refractivity (Wildman–Crippen MR) is 91.9 cm³/mol. The lowest BCUT2D eigenvalue weighted by Crippen LogP contribution is -2.02. The normalized spacial score (nSPS) is 10.6. The zero-order valence-electron chi connectivity index (χ0n) is 13.6. The molecule has 5 heteroatoms. The fourth-order valence-corrected chi connectivity index (χ4v) is 2.46. The van der Waals surface area contributed by atoms with Gasteiger partial charge in [-0.1, -0.05) is 29.8 Å². The third kappa shape index (κ3) is 3.15. The van der Waals surface area contributed by atoms with Crippen molar-refractivity contribution in [2.75, 3.05) is 6.61 Å². The molecule has 0 bridgehead atoms. The zero-order valence-corrected chi connectivity index (χ0v) is 13.6. The number of carboxylic acid groups (broad SMARTS) is 1. The van der Waals surface area contributed by atoms with Crippen LogP contribution in [0.4, 0.5) is 0 Å². The highest BCUT2D eigenvalue weighted by Crippen LogP contribution is 2.25. The molecule has 0 radical (unpaired) electrons. The molecule has 0 aliphatic rings. The minimum absolute atomic E-state index is 0.0134. The Hall–Kier alpha value is -3.08. The standard InChI is InChI=1S/C19H18N2O3/c1-3-24-16-10-8-15(9-11-16)21-18(12-17(20-21)19(22)23)14-6-4-13(2)5-7-14/h4-12H,3H2,1-2H3,(H,22,23). The van der Waals surface area contributed by atoms with Crippen LogP contribution in [-0.2, 0) is 0 Å². The second-order valence-corrected chi connectivity index (χ2v) is 5.42. The van der Waals surface area contributed by atoms with Crippen molar-refractivity contribution in [3.63, 3.8) is 0 Å². The number of hydrogen-bond acceptors (Lipinski definition) is 3. The van der Waals surface area contributed by atoms with Gasteiger partial charge in [-0.2, -0.15) is 5.10 Å². The summed E-state index contributed by atoms with van der Waals surface area (Å²) in [7, 11) is 0. The SMILES string of the molecule is CCOc1ccc(-n2nc(C(=O)O)cc2-c2ccc(C)cc2)cc1. The van der Waals surface area contributed by atoms with Gasteiger partial charge in [0, 0.05) is 5.56 Å². The summed E-state index contributed by atoms with van der Waals surface area (Å²) in [4.78, 5) is 11.3. The van der Waals surface area contributed by atoms with Gasteiger partial charge < -0.3 is 9.84 Å². The predicted octanol–water partition coefficient (Wildman–Crippen LogP) is 3.94. The molecule has 0 aliphatic heterocycles. The molecule has 5 nitrogen and oxygen atoms in total. The Morgan fingerprint density at radius 1 is 1.12 bits per heavy atom. The maximum Gasteiger partial charge on any atom is 0.356 e. The average molecular weight is 322 g/mol. The summed E-state index contributed by atoms with van der Waals surface area (Å²) < 4.78 is 7.09. The Bertz CT molecular complexity index is 849. The van der Waals surface area contributed by atoms with Gasteiger partial charge in [0.05, 0.1) is 18.0 Å². The highest BCUT2D eigenvalue weighted by atomic mass is 16.5. The van der Waals surface area contributed by atoms with E-state index in [9.17, 15) is 9.90 Å². The molecule has 0 amide bonds. The van der Waals surface area contributed by atoms with Crippen molar-refractivity contribution >= 4 is 5.97 Å². The summed E-state index contributed by atoms with van der Waals surface area (Å²) in [5, 5.41) is 13.5. The molecular weight excluding hydrogens is 304 g/mol. The molecule has 24 heavy (non-hydrogen) atoms. The molecule has 3 aromatic rings. The number of aromatic carboxylic acids is 1. The quantitative estimate of drug-likeness (QED) is 0.772. The van der Waals surface area contributed by atoms with Crippen LogP contribution in [0.15, 0.2) is 54.6 Å². The second kappa shape index (κ2) is 6.58. The molecule has 2 aromatic carbocycles. The number of aromatic nitrogens is 2. The summed E-state index contributed by atoms with van der Waals surface area (Å²) in [6, 6.07) is 16.9. The van der Waals surface area contributed by atoms with E-state index in [1.54, 1.807) is 10.7 Å². The molecule has 0 fully saturated rings. The van der Waals surface area contributed by atoms with Gasteiger partial charge in [-0.3, -0.25) is 0 Å². The Morgan fingerprint density at radius 2 is 1.79 bits per heavy atom. The van der Waals surface area contributed by atoms with E-state index in [-0.39, 0.29) is 5.69 Å². The fourth-order valence-electron chi connectivity index (χ4n) is 2.46. The highest BCUT2D eigenvalue weighted by molar-refractivity contribution is 5.87. The van der Waals surface area contributed by atoms with Crippen molar-refractivity contribution in [2.45, 2.75) is 13.8 Å². The molecule has 122 valence electrons. The van der Waals surface area contributed by atoms with Crippen LogP contribution in [0, 0.1) is 6.92 Å². The number of rotatable bonds is 5. The highest BCUT2D eigenvalue weighted by Gasteiger charge is 2.16. The molecular formula is C19H18N2O3. The van der Waals surface area contributed by atoms with Crippen molar-refractivity contribution < 1.29 is 14.6 Å². The van der Waals surface area contributed by atoms with Crippen LogP contribution in [0.1, 0.15) is 23.0 Å². The summed E-state index contributed by atoms with van der Waals surface area (Å²) in [6.45, 7) is 4.53. The molecule has 0 saturated carbocycles. The number of carbonyl (C=O) groups is 1. The number of hydrogen-bond donors (Lipinski definition) is 1. The Kier molecular flexibility index (Phi) is 4.33. The molecule has 3 rings (SSSR count). The maximum atomic E-state index is 11.3. The largest absolute Gasteiger partial charge is 0.494 e. The van der Waals surface area contributed by atoms with Crippen LogP contribution in [0.2, 0.25) is 0 Å². The summed E-state index contributed by atoms with van der Waals surface area (Å²) >= 11 is 0. The molecule has 0 atom stereocenters. The molecule has 0 saturated heterocycles. The lowest BCUT2D eigenvalue weighted by molar-refractivity contribution is 0.0690. The first-order valence-electron chi connectivity index (χ1n) is 7.72. The first-order chi connectivity index (χ1) is 11.6. The molecule has 0 spiro atoms. The van der Waals surface area contributed by atoms with Gasteiger partial charge in [-0.15, -0.1) is 0 Å². The van der Waals surface area contributed by atoms with E-state index in [0.29, 0.717) is 6.61 Å². The van der Waals surface area contributed by atoms with Crippen LogP contribution in [0.25, 0.3) is 16.9 Å². The minimum atomic E-state index is -1.05. The van der Waals surface area contributed by atoms with Gasteiger partial charge in [0.15, 0.2) is 5.69 Å². The van der Waals surface area contributed by atoms with E-state index >= 15 is 0 Å². The number of ether oxygens (including phenoxy) is 1. The van der Waals surface area contributed by atoms with Gasteiger partial charge in [-0.25, -0.2) is 9.48 Å². The molecule has 0 unspecified atom stereocenters. The average Bonchev–Trinajstić information content (AvgIpc) is 3.02. The molecule has 1 N–H and O–H groups in total. The number of aryl methyl sites for hydroxylation is 1. The third-order valence-electron chi connectivity index (χ3n) is 3.67. The second-order valence-electron chi connectivity index (χ2n) is 5.42. The van der Waals surface area contributed by atoms with Gasteiger partial charge >= 0.3 is 5.97 Å². The summed E-state index contributed by atoms with van der Waals surface area (Å²) in [5.74, 6) is -0.281.